The Labute approximate surface area is 72.2 Å². The van der Waals surface area contributed by atoms with Crippen molar-refractivity contribution in [1.29, 1.82) is 0 Å². The summed E-state index contributed by atoms with van der Waals surface area (Å²) in [6.45, 7) is 0. The first-order valence-corrected chi connectivity index (χ1v) is 3.51. The lowest BCUT2D eigenvalue weighted by atomic mass is 10.2. The Bertz CT molecular complexity index is 474. The Morgan fingerprint density at radius 1 is 1.46 bits per heavy atom. The highest BCUT2D eigenvalue weighted by molar-refractivity contribution is 6.01. The van der Waals surface area contributed by atoms with E-state index in [0.29, 0.717) is 5.39 Å². The lowest BCUT2D eigenvalue weighted by molar-refractivity contribution is 0.0688. The second-order valence-corrected chi connectivity index (χ2v) is 2.49. The molecular weight excluding hydrogens is 174 g/mol. The first kappa shape index (κ1) is 7.60. The van der Waals surface area contributed by atoms with Crippen molar-refractivity contribution in [2.75, 3.05) is 0 Å². The van der Waals surface area contributed by atoms with Gasteiger partial charge in [0.15, 0.2) is 11.4 Å². The molecule has 0 amide bonds. The van der Waals surface area contributed by atoms with Crippen LogP contribution in [0.15, 0.2) is 22.7 Å². The number of hydrogen-bond donors (Lipinski definition) is 2. The van der Waals surface area contributed by atoms with E-state index in [-0.39, 0.29) is 17.0 Å². The maximum atomic E-state index is 10.6. The van der Waals surface area contributed by atoms with Gasteiger partial charge in [-0.2, -0.15) is 0 Å². The Hall–Kier alpha value is -2.04. The third-order valence-electron chi connectivity index (χ3n) is 1.68. The lowest BCUT2D eigenvalue weighted by Crippen LogP contribution is -1.95. The molecule has 2 rings (SSSR count). The maximum Gasteiger partial charge on any atom is 0.358 e. The number of nitrogens with zero attached hydrogens (tertiary/aromatic N) is 1. The van der Waals surface area contributed by atoms with E-state index in [0.717, 1.165) is 0 Å². The first-order chi connectivity index (χ1) is 6.20. The predicted molar refractivity (Wildman–Crippen MR) is 42.6 cm³/mol. The topological polar surface area (TPSA) is 83.6 Å². The monoisotopic (exact) mass is 179 g/mol. The molecule has 0 bridgehead atoms. The summed E-state index contributed by atoms with van der Waals surface area (Å²) >= 11 is 0. The molecule has 2 N–H and O–H groups in total. The Morgan fingerprint density at radius 3 is 2.92 bits per heavy atom. The fourth-order valence-corrected chi connectivity index (χ4v) is 1.10. The molecular formula is C8H5NO4. The maximum absolute atomic E-state index is 10.6. The molecule has 0 fully saturated rings. The fraction of sp³-hybridized carbons (Fsp3) is 0. The van der Waals surface area contributed by atoms with Crippen LogP contribution in [-0.4, -0.2) is 21.3 Å². The predicted octanol–water partition coefficient (Wildman–Crippen LogP) is 1.23. The third kappa shape index (κ3) is 1.01. The van der Waals surface area contributed by atoms with Crippen molar-refractivity contribution >= 4 is 16.9 Å². The van der Waals surface area contributed by atoms with Crippen molar-refractivity contribution < 1.29 is 19.5 Å². The van der Waals surface area contributed by atoms with Crippen molar-refractivity contribution in [2.24, 2.45) is 0 Å². The lowest BCUT2D eigenvalue weighted by Gasteiger charge is -1.89. The Morgan fingerprint density at radius 2 is 2.23 bits per heavy atom. The van der Waals surface area contributed by atoms with Crippen molar-refractivity contribution in [3.8, 4) is 5.75 Å². The van der Waals surface area contributed by atoms with Crippen LogP contribution < -0.4 is 0 Å². The molecule has 0 unspecified atom stereocenters. The molecule has 0 aliphatic rings. The quantitative estimate of drug-likeness (QED) is 0.687. The molecule has 0 radical (unpaired) electrons. The highest BCUT2D eigenvalue weighted by Crippen LogP contribution is 2.26. The summed E-state index contributed by atoms with van der Waals surface area (Å²) < 4.78 is 4.66. The van der Waals surface area contributed by atoms with Gasteiger partial charge in [-0.15, -0.1) is 0 Å². The number of carboxylic acid groups (broad SMARTS) is 1. The smallest absolute Gasteiger partial charge is 0.358 e. The molecule has 0 spiro atoms. The summed E-state index contributed by atoms with van der Waals surface area (Å²) in [6, 6.07) is 4.45. The molecule has 5 heteroatoms. The summed E-state index contributed by atoms with van der Waals surface area (Å²) in [5.41, 5.74) is -0.0919. The van der Waals surface area contributed by atoms with Crippen LogP contribution in [0, 0.1) is 0 Å². The summed E-state index contributed by atoms with van der Waals surface area (Å²) in [5.74, 6) is -1.29. The van der Waals surface area contributed by atoms with Gasteiger partial charge in [-0.3, -0.25) is 0 Å². The molecule has 0 saturated carbocycles. The van der Waals surface area contributed by atoms with Crippen LogP contribution in [0.4, 0.5) is 0 Å². The highest BCUT2D eigenvalue weighted by atomic mass is 16.5. The van der Waals surface area contributed by atoms with E-state index in [1.165, 1.54) is 18.2 Å². The number of aromatic hydroxyl groups is 1. The van der Waals surface area contributed by atoms with E-state index in [4.69, 9.17) is 5.11 Å². The Balaban J connectivity index is 2.83. The summed E-state index contributed by atoms with van der Waals surface area (Å²) in [6.07, 6.45) is 0. The van der Waals surface area contributed by atoms with E-state index < -0.39 is 5.97 Å². The number of rotatable bonds is 1. The average Bonchev–Trinajstić information content (AvgIpc) is 2.48. The SMILES string of the molecule is O=C(O)c1noc2c(O)cccc12. The van der Waals surface area contributed by atoms with Crippen molar-refractivity contribution in [1.82, 2.24) is 5.16 Å². The van der Waals surface area contributed by atoms with Crippen molar-refractivity contribution in [3.05, 3.63) is 23.9 Å². The molecule has 2 aromatic rings. The number of para-hydroxylation sites is 1. The average molecular weight is 179 g/mol. The third-order valence-corrected chi connectivity index (χ3v) is 1.68. The van der Waals surface area contributed by atoms with Crippen LogP contribution in [0.5, 0.6) is 5.75 Å². The van der Waals surface area contributed by atoms with Gasteiger partial charge in [0.05, 0.1) is 5.39 Å². The molecule has 1 aromatic carbocycles. The normalized spacial score (nSPS) is 10.5. The molecule has 66 valence electrons. The van der Waals surface area contributed by atoms with Gasteiger partial charge in [-0.05, 0) is 12.1 Å². The van der Waals surface area contributed by atoms with Crippen LogP contribution in [0.3, 0.4) is 0 Å². The number of fused-ring (bicyclic) bond motifs is 1. The zero-order valence-electron chi connectivity index (χ0n) is 6.39. The van der Waals surface area contributed by atoms with Gasteiger partial charge in [0.25, 0.3) is 0 Å². The minimum atomic E-state index is -1.18. The summed E-state index contributed by atoms with van der Waals surface area (Å²) in [7, 11) is 0. The van der Waals surface area contributed by atoms with Gasteiger partial charge in [0.2, 0.25) is 5.58 Å². The number of phenolic OH excluding ortho intramolecular Hbond substituents is 1. The van der Waals surface area contributed by atoms with E-state index in [2.05, 4.69) is 9.68 Å². The molecule has 13 heavy (non-hydrogen) atoms. The minimum absolute atomic E-state index is 0.0971. The van der Waals surface area contributed by atoms with Crippen LogP contribution in [0.25, 0.3) is 11.0 Å². The zero-order chi connectivity index (χ0) is 9.42. The van der Waals surface area contributed by atoms with Gasteiger partial charge in [-0.25, -0.2) is 4.79 Å². The van der Waals surface area contributed by atoms with E-state index >= 15 is 0 Å². The zero-order valence-corrected chi connectivity index (χ0v) is 6.39. The second kappa shape index (κ2) is 2.48. The van der Waals surface area contributed by atoms with Crippen LogP contribution in [0.2, 0.25) is 0 Å². The molecule has 1 aromatic heterocycles. The van der Waals surface area contributed by atoms with E-state index in [1.807, 2.05) is 0 Å². The van der Waals surface area contributed by atoms with Crippen LogP contribution in [0.1, 0.15) is 10.5 Å². The number of hydrogen-bond acceptors (Lipinski definition) is 4. The standard InChI is InChI=1S/C8H5NO4/c10-5-3-1-2-4-6(8(11)12)9-13-7(4)5/h1-3,10H,(H,11,12). The van der Waals surface area contributed by atoms with Crippen LogP contribution in [-0.2, 0) is 0 Å². The number of carbonyl (C=O) groups is 1. The summed E-state index contributed by atoms with van der Waals surface area (Å²) in [4.78, 5) is 10.6. The minimum Gasteiger partial charge on any atom is -0.504 e. The molecule has 0 aliphatic heterocycles. The summed E-state index contributed by atoms with van der Waals surface area (Å²) in [5, 5.41) is 21.5. The van der Waals surface area contributed by atoms with E-state index in [1.54, 1.807) is 0 Å². The molecule has 5 nitrogen and oxygen atoms in total. The van der Waals surface area contributed by atoms with Crippen molar-refractivity contribution in [2.45, 2.75) is 0 Å². The number of phenols is 1. The van der Waals surface area contributed by atoms with E-state index in [9.17, 15) is 9.90 Å². The van der Waals surface area contributed by atoms with Gasteiger partial charge < -0.3 is 14.7 Å². The largest absolute Gasteiger partial charge is 0.504 e. The Kier molecular flexibility index (Phi) is 1.45. The molecule has 0 aliphatic carbocycles. The highest BCUT2D eigenvalue weighted by Gasteiger charge is 2.16. The van der Waals surface area contributed by atoms with Gasteiger partial charge in [-0.1, -0.05) is 11.2 Å². The fourth-order valence-electron chi connectivity index (χ4n) is 1.10. The van der Waals surface area contributed by atoms with Gasteiger partial charge in [0.1, 0.15) is 0 Å². The number of aromatic nitrogens is 1. The second-order valence-electron chi connectivity index (χ2n) is 2.49. The number of carboxylic acids is 1. The molecule has 1 heterocycles. The van der Waals surface area contributed by atoms with Gasteiger partial charge in [0, 0.05) is 0 Å². The first-order valence-electron chi connectivity index (χ1n) is 3.51. The molecule has 0 atom stereocenters. The van der Waals surface area contributed by atoms with Gasteiger partial charge >= 0.3 is 5.97 Å². The number of aromatic carboxylic acids is 1. The van der Waals surface area contributed by atoms with Crippen LogP contribution >= 0.6 is 0 Å². The number of benzene rings is 1. The molecule has 0 saturated heterocycles. The van der Waals surface area contributed by atoms with Crippen molar-refractivity contribution in [3.63, 3.8) is 0 Å².